The van der Waals surface area contributed by atoms with Gasteiger partial charge >= 0.3 is 10.2 Å². The molecular weight excluding hydrogens is 396 g/mol. The Morgan fingerprint density at radius 2 is 2.11 bits per heavy atom. The summed E-state index contributed by atoms with van der Waals surface area (Å²) >= 11 is 7.79. The second kappa shape index (κ2) is 4.93. The average Bonchev–Trinajstić information content (AvgIpc) is 2.60. The molecule has 1 fully saturated rings. The van der Waals surface area contributed by atoms with E-state index in [-0.39, 0.29) is 13.0 Å². The van der Waals surface area contributed by atoms with Gasteiger partial charge in [0.2, 0.25) is 5.91 Å². The van der Waals surface area contributed by atoms with Gasteiger partial charge in [-0.15, -0.1) is 3.89 Å². The Labute approximate surface area is 122 Å². The SMILES string of the molecule is O=C1CC(S(=O)(=O)F)CN1c1ccc(Cl)cc1I. The van der Waals surface area contributed by atoms with E-state index in [4.69, 9.17) is 11.6 Å². The monoisotopic (exact) mass is 403 g/mol. The summed E-state index contributed by atoms with van der Waals surface area (Å²) in [6.45, 7) is -0.157. The molecule has 18 heavy (non-hydrogen) atoms. The Kier molecular flexibility index (Phi) is 3.84. The van der Waals surface area contributed by atoms with Gasteiger partial charge in [0.25, 0.3) is 0 Å². The fourth-order valence-corrected chi connectivity index (χ4v) is 3.63. The minimum absolute atomic E-state index is 0.157. The number of halogens is 3. The second-order valence-corrected chi connectivity index (χ2v) is 7.12. The van der Waals surface area contributed by atoms with Crippen LogP contribution < -0.4 is 4.90 Å². The van der Waals surface area contributed by atoms with Gasteiger partial charge in [-0.25, -0.2) is 0 Å². The highest BCUT2D eigenvalue weighted by molar-refractivity contribution is 14.1. The summed E-state index contributed by atoms with van der Waals surface area (Å²) in [7, 11) is -4.69. The van der Waals surface area contributed by atoms with Gasteiger partial charge < -0.3 is 4.90 Å². The molecule has 8 heteroatoms. The van der Waals surface area contributed by atoms with Crippen LogP contribution >= 0.6 is 34.2 Å². The molecule has 1 amide bonds. The molecule has 1 unspecified atom stereocenters. The van der Waals surface area contributed by atoms with Crippen LogP contribution in [-0.2, 0) is 15.0 Å². The molecule has 1 heterocycles. The van der Waals surface area contributed by atoms with Crippen LogP contribution in [0.4, 0.5) is 9.57 Å². The van der Waals surface area contributed by atoms with Gasteiger partial charge in [0, 0.05) is 21.6 Å². The van der Waals surface area contributed by atoms with Crippen molar-refractivity contribution in [2.24, 2.45) is 0 Å². The third kappa shape index (κ3) is 2.77. The molecule has 1 aliphatic heterocycles. The maximum Gasteiger partial charge on any atom is 0.307 e. The van der Waals surface area contributed by atoms with Gasteiger partial charge in [-0.3, -0.25) is 4.79 Å². The largest absolute Gasteiger partial charge is 0.310 e. The second-order valence-electron chi connectivity index (χ2n) is 3.90. The van der Waals surface area contributed by atoms with Crippen molar-refractivity contribution in [2.75, 3.05) is 11.4 Å². The van der Waals surface area contributed by atoms with Crippen LogP contribution in [0.5, 0.6) is 0 Å². The van der Waals surface area contributed by atoms with E-state index in [1.807, 2.05) is 22.6 Å². The van der Waals surface area contributed by atoms with Crippen molar-refractivity contribution in [3.8, 4) is 0 Å². The highest BCUT2D eigenvalue weighted by Gasteiger charge is 2.39. The highest BCUT2D eigenvalue weighted by Crippen LogP contribution is 2.31. The van der Waals surface area contributed by atoms with Crippen LogP contribution in [0.1, 0.15) is 6.42 Å². The molecule has 0 saturated carbocycles. The molecule has 1 atom stereocenters. The molecule has 0 N–H and O–H groups in total. The molecule has 1 aliphatic rings. The van der Waals surface area contributed by atoms with Crippen molar-refractivity contribution in [3.05, 3.63) is 26.8 Å². The van der Waals surface area contributed by atoms with E-state index in [9.17, 15) is 17.1 Å². The number of hydrogen-bond donors (Lipinski definition) is 0. The Hall–Kier alpha value is -0.410. The Morgan fingerprint density at radius 3 is 2.61 bits per heavy atom. The van der Waals surface area contributed by atoms with E-state index >= 15 is 0 Å². The van der Waals surface area contributed by atoms with Gasteiger partial charge in [-0.2, -0.15) is 8.42 Å². The third-order valence-electron chi connectivity index (χ3n) is 2.69. The predicted molar refractivity (Wildman–Crippen MR) is 75.0 cm³/mol. The number of amides is 1. The van der Waals surface area contributed by atoms with Gasteiger partial charge in [-0.05, 0) is 40.8 Å². The summed E-state index contributed by atoms with van der Waals surface area (Å²) < 4.78 is 35.3. The first-order chi connectivity index (χ1) is 8.29. The molecule has 2 rings (SSSR count). The maximum atomic E-state index is 12.9. The average molecular weight is 404 g/mol. The Morgan fingerprint density at radius 1 is 1.44 bits per heavy atom. The van der Waals surface area contributed by atoms with Gasteiger partial charge in [0.05, 0.1) is 5.69 Å². The minimum Gasteiger partial charge on any atom is -0.310 e. The molecule has 0 aromatic heterocycles. The zero-order valence-corrected chi connectivity index (χ0v) is 12.7. The Balaban J connectivity index is 2.33. The van der Waals surface area contributed by atoms with Crippen LogP contribution in [0.15, 0.2) is 18.2 Å². The van der Waals surface area contributed by atoms with Crippen LogP contribution in [0.2, 0.25) is 5.02 Å². The summed E-state index contributed by atoms with van der Waals surface area (Å²) in [6.07, 6.45) is -0.322. The van der Waals surface area contributed by atoms with Crippen molar-refractivity contribution < 1.29 is 17.1 Å². The van der Waals surface area contributed by atoms with Crippen molar-refractivity contribution in [3.63, 3.8) is 0 Å². The number of nitrogens with zero attached hydrogens (tertiary/aromatic N) is 1. The molecule has 0 radical (unpaired) electrons. The number of carbonyl (C=O) groups is 1. The fourth-order valence-electron chi connectivity index (χ4n) is 1.80. The first-order valence-corrected chi connectivity index (χ1v) is 7.88. The van der Waals surface area contributed by atoms with Gasteiger partial charge in [-0.1, -0.05) is 11.6 Å². The molecule has 1 aromatic carbocycles. The van der Waals surface area contributed by atoms with E-state index in [0.29, 0.717) is 14.3 Å². The lowest BCUT2D eigenvalue weighted by Crippen LogP contribution is -2.27. The topological polar surface area (TPSA) is 54.5 Å². The number of anilines is 1. The highest BCUT2D eigenvalue weighted by atomic mass is 127. The van der Waals surface area contributed by atoms with Crippen LogP contribution in [0.3, 0.4) is 0 Å². The van der Waals surface area contributed by atoms with Crippen molar-refractivity contribution in [2.45, 2.75) is 11.7 Å². The summed E-state index contributed by atoms with van der Waals surface area (Å²) in [6, 6.07) is 4.88. The maximum absolute atomic E-state index is 12.9. The molecule has 0 spiro atoms. The Bertz CT molecular complexity index is 607. The standard InChI is InChI=1S/C10H8ClFINO3S/c11-6-1-2-9(8(13)3-6)14-5-7(4-10(14)15)18(12,16)17/h1-3,7H,4-5H2. The quantitative estimate of drug-likeness (QED) is 0.563. The van der Waals surface area contributed by atoms with E-state index in [1.165, 1.54) is 4.90 Å². The first kappa shape index (κ1) is 14.0. The molecule has 0 bridgehead atoms. The van der Waals surface area contributed by atoms with Gasteiger partial charge in [0.15, 0.2) is 0 Å². The normalized spacial score (nSPS) is 20.5. The van der Waals surface area contributed by atoms with Gasteiger partial charge in [0.1, 0.15) is 5.25 Å². The first-order valence-electron chi connectivity index (χ1n) is 4.98. The van der Waals surface area contributed by atoms with Crippen molar-refractivity contribution in [1.82, 2.24) is 0 Å². The van der Waals surface area contributed by atoms with Crippen LogP contribution in [0, 0.1) is 3.57 Å². The van der Waals surface area contributed by atoms with Crippen LogP contribution in [0.25, 0.3) is 0 Å². The number of benzene rings is 1. The third-order valence-corrected chi connectivity index (χ3v) is 4.90. The molecular formula is C10H8ClFINO3S. The van der Waals surface area contributed by atoms with E-state index in [0.717, 1.165) is 0 Å². The number of carbonyl (C=O) groups excluding carboxylic acids is 1. The molecule has 1 aromatic rings. The molecule has 4 nitrogen and oxygen atoms in total. The summed E-state index contributed by atoms with van der Waals surface area (Å²) in [5.74, 6) is -0.401. The lowest BCUT2D eigenvalue weighted by molar-refractivity contribution is -0.117. The predicted octanol–water partition coefficient (Wildman–Crippen LogP) is 2.35. The van der Waals surface area contributed by atoms with E-state index in [2.05, 4.69) is 0 Å². The van der Waals surface area contributed by atoms with Crippen LogP contribution in [-0.4, -0.2) is 26.1 Å². The van der Waals surface area contributed by atoms with E-state index in [1.54, 1.807) is 18.2 Å². The summed E-state index contributed by atoms with van der Waals surface area (Å²) in [4.78, 5) is 13.0. The van der Waals surface area contributed by atoms with Crippen molar-refractivity contribution >= 4 is 56.0 Å². The molecule has 0 aliphatic carbocycles. The van der Waals surface area contributed by atoms with Crippen molar-refractivity contribution in [1.29, 1.82) is 0 Å². The lowest BCUT2D eigenvalue weighted by atomic mass is 10.3. The molecule has 1 saturated heterocycles. The zero-order chi connectivity index (χ0) is 13.5. The van der Waals surface area contributed by atoms with E-state index < -0.39 is 21.4 Å². The fraction of sp³-hybridized carbons (Fsp3) is 0.300. The smallest absolute Gasteiger partial charge is 0.307 e. The summed E-state index contributed by atoms with van der Waals surface area (Å²) in [5, 5.41) is -0.763. The minimum atomic E-state index is -4.69. The summed E-state index contributed by atoms with van der Waals surface area (Å²) in [5.41, 5.74) is 0.552. The lowest BCUT2D eigenvalue weighted by Gasteiger charge is -2.17. The number of rotatable bonds is 2. The zero-order valence-electron chi connectivity index (χ0n) is 8.94. The number of hydrogen-bond acceptors (Lipinski definition) is 3. The molecule has 98 valence electrons.